The molecule has 0 aliphatic heterocycles. The third-order valence-electron chi connectivity index (χ3n) is 2.16. The second kappa shape index (κ2) is 4.13. The maximum Gasteiger partial charge on any atom is 0.434 e. The number of carbonyl (C=O) groups is 1. The number of rotatable bonds is 2. The number of carboxylic acid groups (broad SMARTS) is 1. The minimum Gasteiger partial charge on any atom is -0.478 e. The van der Waals surface area contributed by atoms with Crippen LogP contribution in [0.1, 0.15) is 16.1 Å². The van der Waals surface area contributed by atoms with Crippen molar-refractivity contribution in [2.75, 3.05) is 0 Å². The zero-order valence-corrected chi connectivity index (χ0v) is 8.72. The van der Waals surface area contributed by atoms with Crippen molar-refractivity contribution in [3.63, 3.8) is 0 Å². The van der Waals surface area contributed by atoms with Crippen LogP contribution in [0.15, 0.2) is 30.7 Å². The molecule has 18 heavy (non-hydrogen) atoms. The summed E-state index contributed by atoms with van der Waals surface area (Å²) in [5.74, 6) is -1.68. The fourth-order valence-electron chi connectivity index (χ4n) is 1.45. The van der Waals surface area contributed by atoms with Crippen LogP contribution >= 0.6 is 0 Å². The lowest BCUT2D eigenvalue weighted by molar-refractivity contribution is -0.143. The molecule has 0 fully saturated rings. The molecule has 0 unspecified atom stereocenters. The molecule has 5 nitrogen and oxygen atoms in total. The molecule has 0 aromatic carbocycles. The first-order valence-corrected chi connectivity index (χ1v) is 4.70. The summed E-state index contributed by atoms with van der Waals surface area (Å²) in [5, 5.41) is 12.2. The molecule has 2 rings (SSSR count). The van der Waals surface area contributed by atoms with E-state index in [-0.39, 0.29) is 5.69 Å². The summed E-state index contributed by atoms with van der Waals surface area (Å²) in [5.41, 5.74) is -2.19. The van der Waals surface area contributed by atoms with Crippen LogP contribution in [0.3, 0.4) is 0 Å². The van der Waals surface area contributed by atoms with Gasteiger partial charge in [0.2, 0.25) is 0 Å². The smallest absolute Gasteiger partial charge is 0.434 e. The molecule has 0 saturated carbocycles. The molecule has 0 radical (unpaired) electrons. The molecule has 2 aromatic rings. The Bertz CT molecular complexity index is 578. The number of nitrogens with zero attached hydrogens (tertiary/aromatic N) is 3. The van der Waals surface area contributed by atoms with E-state index in [1.807, 2.05) is 0 Å². The lowest BCUT2D eigenvalue weighted by atomic mass is 10.2. The topological polar surface area (TPSA) is 68.0 Å². The summed E-state index contributed by atoms with van der Waals surface area (Å²) in [6.07, 6.45) is -1.61. The molecule has 0 saturated heterocycles. The highest BCUT2D eigenvalue weighted by atomic mass is 19.4. The fraction of sp³-hybridized carbons (Fsp3) is 0.100. The van der Waals surface area contributed by atoms with Crippen molar-refractivity contribution < 1.29 is 23.1 Å². The zero-order valence-electron chi connectivity index (χ0n) is 8.72. The van der Waals surface area contributed by atoms with Gasteiger partial charge in [0.25, 0.3) is 0 Å². The summed E-state index contributed by atoms with van der Waals surface area (Å²) >= 11 is 0. The van der Waals surface area contributed by atoms with E-state index >= 15 is 0 Å². The first-order valence-electron chi connectivity index (χ1n) is 4.70. The van der Waals surface area contributed by atoms with Crippen LogP contribution < -0.4 is 0 Å². The van der Waals surface area contributed by atoms with Gasteiger partial charge in [-0.1, -0.05) is 0 Å². The number of aromatic nitrogens is 3. The number of hydrogen-bond acceptors (Lipinski definition) is 3. The monoisotopic (exact) mass is 257 g/mol. The van der Waals surface area contributed by atoms with Gasteiger partial charge in [0.15, 0.2) is 5.69 Å². The summed E-state index contributed by atoms with van der Waals surface area (Å²) in [6.45, 7) is 0. The molecule has 0 aliphatic rings. The van der Waals surface area contributed by atoms with E-state index in [9.17, 15) is 18.0 Å². The van der Waals surface area contributed by atoms with Crippen molar-refractivity contribution in [2.45, 2.75) is 6.18 Å². The van der Waals surface area contributed by atoms with Crippen LogP contribution in [-0.2, 0) is 6.18 Å². The van der Waals surface area contributed by atoms with Crippen LogP contribution in [0, 0.1) is 0 Å². The second-order valence-electron chi connectivity index (χ2n) is 3.33. The van der Waals surface area contributed by atoms with Gasteiger partial charge in [0, 0.05) is 6.20 Å². The minimum atomic E-state index is -4.82. The van der Waals surface area contributed by atoms with Crippen LogP contribution in [-0.4, -0.2) is 25.8 Å². The summed E-state index contributed by atoms with van der Waals surface area (Å²) in [7, 11) is 0. The molecule has 8 heteroatoms. The molecule has 0 aliphatic carbocycles. The van der Waals surface area contributed by atoms with Crippen LogP contribution in [0.25, 0.3) is 5.69 Å². The van der Waals surface area contributed by atoms with Crippen molar-refractivity contribution in [3.8, 4) is 5.69 Å². The van der Waals surface area contributed by atoms with E-state index in [0.29, 0.717) is 10.9 Å². The molecule has 0 amide bonds. The predicted octanol–water partition coefficient (Wildman–Crippen LogP) is 1.98. The molecule has 0 bridgehead atoms. The van der Waals surface area contributed by atoms with Crippen molar-refractivity contribution >= 4 is 5.97 Å². The van der Waals surface area contributed by atoms with Gasteiger partial charge in [-0.05, 0) is 12.1 Å². The maximum absolute atomic E-state index is 12.8. The zero-order chi connectivity index (χ0) is 13.3. The molecular formula is C10H6F3N3O2. The Kier molecular flexibility index (Phi) is 2.77. The Balaban J connectivity index is 2.67. The highest BCUT2D eigenvalue weighted by Gasteiger charge is 2.40. The Morgan fingerprint density at radius 1 is 1.33 bits per heavy atom. The predicted molar refractivity (Wildman–Crippen MR) is 53.3 cm³/mol. The van der Waals surface area contributed by atoms with Gasteiger partial charge in [-0.3, -0.25) is 4.98 Å². The number of alkyl halides is 3. The van der Waals surface area contributed by atoms with E-state index < -0.39 is 23.4 Å². The van der Waals surface area contributed by atoms with E-state index in [2.05, 4.69) is 10.1 Å². The van der Waals surface area contributed by atoms with Crippen molar-refractivity contribution in [2.24, 2.45) is 0 Å². The Labute approximate surface area is 98.5 Å². The third kappa shape index (κ3) is 2.04. The van der Waals surface area contributed by atoms with Gasteiger partial charge < -0.3 is 5.11 Å². The van der Waals surface area contributed by atoms with E-state index in [4.69, 9.17) is 5.11 Å². The lowest BCUT2D eigenvalue weighted by Crippen LogP contribution is -2.17. The third-order valence-corrected chi connectivity index (χ3v) is 2.16. The molecule has 2 aromatic heterocycles. The summed E-state index contributed by atoms with van der Waals surface area (Å²) < 4.78 is 39.0. The van der Waals surface area contributed by atoms with Crippen molar-refractivity contribution in [1.82, 2.24) is 14.8 Å². The first kappa shape index (κ1) is 12.1. The summed E-state index contributed by atoms with van der Waals surface area (Å²) in [4.78, 5) is 14.4. The Morgan fingerprint density at radius 2 is 2.06 bits per heavy atom. The van der Waals surface area contributed by atoms with E-state index in [0.717, 1.165) is 6.20 Å². The van der Waals surface area contributed by atoms with Gasteiger partial charge in [-0.15, -0.1) is 0 Å². The van der Waals surface area contributed by atoms with Gasteiger partial charge in [0.1, 0.15) is 5.56 Å². The SMILES string of the molecule is O=C(O)c1cnn(-c2cccnc2)c1C(F)(F)F. The van der Waals surface area contributed by atoms with Crippen molar-refractivity contribution in [1.29, 1.82) is 0 Å². The van der Waals surface area contributed by atoms with Gasteiger partial charge in [0.05, 0.1) is 18.1 Å². The second-order valence-corrected chi connectivity index (χ2v) is 3.33. The Hall–Kier alpha value is -2.38. The maximum atomic E-state index is 12.8. The molecule has 1 N–H and O–H groups in total. The first-order chi connectivity index (χ1) is 8.41. The van der Waals surface area contributed by atoms with Crippen LogP contribution in [0.4, 0.5) is 13.2 Å². The van der Waals surface area contributed by atoms with Crippen LogP contribution in [0.5, 0.6) is 0 Å². The Morgan fingerprint density at radius 3 is 2.56 bits per heavy atom. The molecular weight excluding hydrogens is 251 g/mol. The summed E-state index contributed by atoms with van der Waals surface area (Å²) in [6, 6.07) is 2.78. The van der Waals surface area contributed by atoms with Gasteiger partial charge >= 0.3 is 12.1 Å². The van der Waals surface area contributed by atoms with Gasteiger partial charge in [-0.25, -0.2) is 9.48 Å². The number of hydrogen-bond donors (Lipinski definition) is 1. The van der Waals surface area contributed by atoms with E-state index in [1.165, 1.54) is 18.3 Å². The number of halogens is 3. The molecule has 0 atom stereocenters. The normalized spacial score (nSPS) is 11.5. The molecule has 0 spiro atoms. The minimum absolute atomic E-state index is 0.0392. The average molecular weight is 257 g/mol. The highest BCUT2D eigenvalue weighted by molar-refractivity contribution is 5.89. The number of aromatic carboxylic acids is 1. The quantitative estimate of drug-likeness (QED) is 0.893. The largest absolute Gasteiger partial charge is 0.478 e. The fourth-order valence-corrected chi connectivity index (χ4v) is 1.45. The molecule has 94 valence electrons. The number of carboxylic acids is 1. The lowest BCUT2D eigenvalue weighted by Gasteiger charge is -2.10. The van der Waals surface area contributed by atoms with E-state index in [1.54, 1.807) is 0 Å². The van der Waals surface area contributed by atoms with Crippen molar-refractivity contribution in [3.05, 3.63) is 42.0 Å². The number of pyridine rings is 1. The highest BCUT2D eigenvalue weighted by Crippen LogP contribution is 2.33. The standard InChI is InChI=1S/C10H6F3N3O2/c11-10(12,13)8-7(9(17)18)5-15-16(8)6-2-1-3-14-4-6/h1-5H,(H,17,18). The van der Waals surface area contributed by atoms with Gasteiger partial charge in [-0.2, -0.15) is 18.3 Å². The molecule has 2 heterocycles. The average Bonchev–Trinajstić information content (AvgIpc) is 2.74. The van der Waals surface area contributed by atoms with Crippen LogP contribution in [0.2, 0.25) is 0 Å².